The average molecular weight is 429 g/mol. The molecule has 0 aromatic heterocycles. The van der Waals surface area contributed by atoms with Crippen LogP contribution in [0, 0.1) is 0 Å². The number of amides is 1. The van der Waals surface area contributed by atoms with Crippen LogP contribution in [0.5, 0.6) is 5.75 Å². The second-order valence-corrected chi connectivity index (χ2v) is 9.36. The first kappa shape index (κ1) is 21.9. The van der Waals surface area contributed by atoms with Crippen molar-refractivity contribution in [2.75, 3.05) is 24.2 Å². The van der Waals surface area contributed by atoms with Gasteiger partial charge in [0.05, 0.1) is 25.6 Å². The summed E-state index contributed by atoms with van der Waals surface area (Å²) in [7, 11) is -1.91. The maximum Gasteiger partial charge on any atom is 0.251 e. The second-order valence-electron chi connectivity index (χ2n) is 7.46. The average Bonchev–Trinajstić information content (AvgIpc) is 2.76. The minimum Gasteiger partial charge on any atom is -0.497 e. The van der Waals surface area contributed by atoms with Crippen LogP contribution in [0.2, 0.25) is 0 Å². The van der Waals surface area contributed by atoms with E-state index in [1.165, 1.54) is 29.0 Å². The van der Waals surface area contributed by atoms with Crippen molar-refractivity contribution in [1.82, 2.24) is 5.32 Å². The maximum absolute atomic E-state index is 12.4. The smallest absolute Gasteiger partial charge is 0.251 e. The lowest BCUT2D eigenvalue weighted by Gasteiger charge is -2.23. The number of anilines is 1. The van der Waals surface area contributed by atoms with Crippen LogP contribution in [0.15, 0.2) is 60.2 Å². The van der Waals surface area contributed by atoms with Crippen LogP contribution in [-0.2, 0) is 16.6 Å². The summed E-state index contributed by atoms with van der Waals surface area (Å²) < 4.78 is 31.1. The molecule has 0 aliphatic heterocycles. The van der Waals surface area contributed by atoms with Gasteiger partial charge in [0.2, 0.25) is 10.0 Å². The maximum atomic E-state index is 12.4. The quantitative estimate of drug-likeness (QED) is 0.647. The second kappa shape index (κ2) is 9.80. The predicted molar refractivity (Wildman–Crippen MR) is 119 cm³/mol. The molecule has 1 aliphatic carbocycles. The Bertz CT molecular complexity index is 997. The zero-order valence-electron chi connectivity index (χ0n) is 17.4. The minimum absolute atomic E-state index is 0.122. The van der Waals surface area contributed by atoms with E-state index in [1.54, 1.807) is 55.6 Å². The molecule has 0 atom stereocenters. The molecule has 1 amide bonds. The Hall–Kier alpha value is -2.80. The van der Waals surface area contributed by atoms with E-state index in [4.69, 9.17) is 4.74 Å². The molecule has 0 saturated heterocycles. The van der Waals surface area contributed by atoms with Gasteiger partial charge >= 0.3 is 0 Å². The minimum atomic E-state index is -3.48. The van der Waals surface area contributed by atoms with Crippen LogP contribution < -0.4 is 14.4 Å². The Balaban J connectivity index is 1.67. The molecular weight excluding hydrogens is 400 g/mol. The van der Waals surface area contributed by atoms with Gasteiger partial charge in [-0.2, -0.15) is 0 Å². The molecule has 0 spiro atoms. The van der Waals surface area contributed by atoms with Gasteiger partial charge in [-0.25, -0.2) is 8.42 Å². The number of carbonyl (C=O) groups excluding carboxylic acids is 1. The number of benzene rings is 2. The fourth-order valence-electron chi connectivity index (χ4n) is 3.44. The van der Waals surface area contributed by atoms with Gasteiger partial charge in [-0.15, -0.1) is 0 Å². The number of carbonyl (C=O) groups is 1. The fraction of sp³-hybridized carbons (Fsp3) is 0.348. The van der Waals surface area contributed by atoms with Crippen molar-refractivity contribution in [3.8, 4) is 5.75 Å². The first-order valence-electron chi connectivity index (χ1n) is 10.0. The molecule has 1 N–H and O–H groups in total. The zero-order valence-corrected chi connectivity index (χ0v) is 18.2. The van der Waals surface area contributed by atoms with Gasteiger partial charge in [-0.05, 0) is 67.6 Å². The summed E-state index contributed by atoms with van der Waals surface area (Å²) in [5.41, 5.74) is 3.20. The van der Waals surface area contributed by atoms with Crippen LogP contribution in [0.3, 0.4) is 0 Å². The predicted octanol–water partition coefficient (Wildman–Crippen LogP) is 3.89. The SMILES string of the molecule is COc1ccc(N(Cc2ccc(C(=O)NCC3=CCCCC3)cc2)S(C)(=O)=O)cc1. The van der Waals surface area contributed by atoms with Gasteiger partial charge in [0.1, 0.15) is 5.75 Å². The lowest BCUT2D eigenvalue weighted by molar-refractivity contribution is 0.0956. The Morgan fingerprint density at radius 2 is 1.77 bits per heavy atom. The molecule has 7 heteroatoms. The summed E-state index contributed by atoms with van der Waals surface area (Å²) in [6, 6.07) is 13.9. The molecule has 0 radical (unpaired) electrons. The normalized spacial score (nSPS) is 14.0. The van der Waals surface area contributed by atoms with Crippen molar-refractivity contribution in [3.05, 3.63) is 71.3 Å². The van der Waals surface area contributed by atoms with E-state index in [1.807, 2.05) is 0 Å². The van der Waals surface area contributed by atoms with E-state index in [9.17, 15) is 13.2 Å². The monoisotopic (exact) mass is 428 g/mol. The van der Waals surface area contributed by atoms with Gasteiger partial charge in [-0.1, -0.05) is 23.8 Å². The number of allylic oxidation sites excluding steroid dienone is 1. The molecule has 0 unspecified atom stereocenters. The van der Waals surface area contributed by atoms with Gasteiger partial charge in [-0.3, -0.25) is 9.10 Å². The molecule has 3 rings (SSSR count). The molecule has 0 heterocycles. The third kappa shape index (κ3) is 5.86. The lowest BCUT2D eigenvalue weighted by atomic mass is 9.99. The van der Waals surface area contributed by atoms with E-state index < -0.39 is 10.0 Å². The van der Waals surface area contributed by atoms with Crippen LogP contribution in [0.1, 0.15) is 41.6 Å². The van der Waals surface area contributed by atoms with Gasteiger partial charge in [0.25, 0.3) is 5.91 Å². The highest BCUT2D eigenvalue weighted by Crippen LogP contribution is 2.24. The molecular formula is C23H28N2O4S. The summed E-state index contributed by atoms with van der Waals surface area (Å²) in [4.78, 5) is 12.4. The van der Waals surface area contributed by atoms with E-state index in [0.29, 0.717) is 23.5 Å². The highest BCUT2D eigenvalue weighted by molar-refractivity contribution is 7.92. The van der Waals surface area contributed by atoms with Crippen molar-refractivity contribution >= 4 is 21.6 Å². The zero-order chi connectivity index (χ0) is 21.6. The van der Waals surface area contributed by atoms with Gasteiger partial charge in [0, 0.05) is 12.1 Å². The van der Waals surface area contributed by atoms with Crippen LogP contribution in [0.25, 0.3) is 0 Å². The van der Waals surface area contributed by atoms with Crippen LogP contribution >= 0.6 is 0 Å². The molecule has 0 bridgehead atoms. The number of methoxy groups -OCH3 is 1. The molecule has 2 aromatic rings. The Morgan fingerprint density at radius 3 is 2.33 bits per heavy atom. The number of nitrogens with zero attached hydrogens (tertiary/aromatic N) is 1. The molecule has 1 aliphatic rings. The Kier molecular flexibility index (Phi) is 7.15. The summed E-state index contributed by atoms with van der Waals surface area (Å²) >= 11 is 0. The fourth-order valence-corrected chi connectivity index (χ4v) is 4.33. The van der Waals surface area contributed by atoms with Crippen LogP contribution in [0.4, 0.5) is 5.69 Å². The number of sulfonamides is 1. The summed E-state index contributed by atoms with van der Waals surface area (Å²) in [6.07, 6.45) is 7.93. The van der Waals surface area contributed by atoms with E-state index in [2.05, 4.69) is 11.4 Å². The number of ether oxygens (including phenoxy) is 1. The summed E-state index contributed by atoms with van der Waals surface area (Å²) in [5, 5.41) is 2.96. The summed E-state index contributed by atoms with van der Waals surface area (Å²) in [5.74, 6) is 0.537. The summed E-state index contributed by atoms with van der Waals surface area (Å²) in [6.45, 7) is 0.764. The molecule has 30 heavy (non-hydrogen) atoms. The number of hydrogen-bond donors (Lipinski definition) is 1. The largest absolute Gasteiger partial charge is 0.497 e. The van der Waals surface area contributed by atoms with E-state index >= 15 is 0 Å². The van der Waals surface area contributed by atoms with Crippen molar-refractivity contribution < 1.29 is 17.9 Å². The van der Waals surface area contributed by atoms with E-state index in [0.717, 1.165) is 18.4 Å². The van der Waals surface area contributed by atoms with Crippen molar-refractivity contribution in [3.63, 3.8) is 0 Å². The molecule has 0 fully saturated rings. The number of rotatable bonds is 8. The third-order valence-electron chi connectivity index (χ3n) is 5.16. The molecule has 0 saturated carbocycles. The highest BCUT2D eigenvalue weighted by Gasteiger charge is 2.18. The van der Waals surface area contributed by atoms with Gasteiger partial charge < -0.3 is 10.1 Å². The van der Waals surface area contributed by atoms with E-state index in [-0.39, 0.29) is 12.5 Å². The first-order valence-corrected chi connectivity index (χ1v) is 11.9. The standard InChI is InChI=1S/C23H28N2O4S/c1-29-22-14-12-21(13-15-22)25(30(2,27)28)17-19-8-10-20(11-9-19)23(26)24-16-18-6-4-3-5-7-18/h6,8-15H,3-5,7,16-17H2,1-2H3,(H,24,26). The molecule has 6 nitrogen and oxygen atoms in total. The number of hydrogen-bond acceptors (Lipinski definition) is 4. The highest BCUT2D eigenvalue weighted by atomic mass is 32.2. The van der Waals surface area contributed by atoms with Crippen molar-refractivity contribution in [2.45, 2.75) is 32.2 Å². The van der Waals surface area contributed by atoms with Gasteiger partial charge in [0.15, 0.2) is 0 Å². The number of nitrogens with one attached hydrogen (secondary N) is 1. The first-order chi connectivity index (χ1) is 14.4. The third-order valence-corrected chi connectivity index (χ3v) is 6.30. The molecule has 2 aromatic carbocycles. The van der Waals surface area contributed by atoms with Crippen LogP contribution in [-0.4, -0.2) is 34.2 Å². The Labute approximate surface area is 178 Å². The topological polar surface area (TPSA) is 75.7 Å². The lowest BCUT2D eigenvalue weighted by Crippen LogP contribution is -2.29. The van der Waals surface area contributed by atoms with Crippen molar-refractivity contribution in [2.24, 2.45) is 0 Å². The molecule has 160 valence electrons. The van der Waals surface area contributed by atoms with Crippen molar-refractivity contribution in [1.29, 1.82) is 0 Å². The Morgan fingerprint density at radius 1 is 1.07 bits per heavy atom.